The summed E-state index contributed by atoms with van der Waals surface area (Å²) < 4.78 is 51.3. The normalized spacial score (nSPS) is 13.4. The highest BCUT2D eigenvalue weighted by molar-refractivity contribution is 5.94. The zero-order valence-electron chi connectivity index (χ0n) is 11.9. The van der Waals surface area contributed by atoms with Gasteiger partial charge in [-0.05, 0) is 39.0 Å². The van der Waals surface area contributed by atoms with Crippen LogP contribution in [0.25, 0.3) is 0 Å². The van der Waals surface area contributed by atoms with Crippen LogP contribution in [-0.4, -0.2) is 34.6 Å². The van der Waals surface area contributed by atoms with Gasteiger partial charge < -0.3 is 10.0 Å². The van der Waals surface area contributed by atoms with Crippen molar-refractivity contribution in [2.75, 3.05) is 6.54 Å². The lowest BCUT2D eigenvalue weighted by Gasteiger charge is -2.28. The predicted octanol–water partition coefficient (Wildman–Crippen LogP) is 3.08. The number of carbonyl (C=O) groups is 1. The van der Waals surface area contributed by atoms with Crippen molar-refractivity contribution >= 4 is 5.91 Å². The van der Waals surface area contributed by atoms with Crippen LogP contribution in [0.4, 0.5) is 17.6 Å². The van der Waals surface area contributed by atoms with Crippen LogP contribution < -0.4 is 0 Å². The van der Waals surface area contributed by atoms with Crippen LogP contribution in [0.15, 0.2) is 18.2 Å². The first-order valence-electron chi connectivity index (χ1n) is 6.39. The number of hydrogen-bond acceptors (Lipinski definition) is 2. The van der Waals surface area contributed by atoms with Gasteiger partial charge in [0.1, 0.15) is 5.82 Å². The second kappa shape index (κ2) is 6.43. The van der Waals surface area contributed by atoms with Crippen LogP contribution >= 0.6 is 0 Å². The van der Waals surface area contributed by atoms with Gasteiger partial charge in [0.25, 0.3) is 5.91 Å². The summed E-state index contributed by atoms with van der Waals surface area (Å²) in [6.07, 6.45) is -5.57. The maximum atomic E-state index is 13.3. The molecule has 0 heterocycles. The van der Waals surface area contributed by atoms with Crippen LogP contribution in [0.2, 0.25) is 0 Å². The fraction of sp³-hybridized carbons (Fsp3) is 0.500. The third-order valence-electron chi connectivity index (χ3n) is 2.82. The van der Waals surface area contributed by atoms with Gasteiger partial charge in [0.2, 0.25) is 0 Å². The molecule has 1 atom stereocenters. The SMILES string of the molecule is CC(O)CN(C(=O)c1cc(F)cc(C(F)(F)F)c1)C(C)C. The van der Waals surface area contributed by atoms with E-state index in [-0.39, 0.29) is 12.6 Å². The summed E-state index contributed by atoms with van der Waals surface area (Å²) in [6, 6.07) is 1.37. The fourth-order valence-corrected chi connectivity index (χ4v) is 1.86. The van der Waals surface area contributed by atoms with Crippen molar-refractivity contribution in [3.05, 3.63) is 35.1 Å². The van der Waals surface area contributed by atoms with Gasteiger partial charge in [0.15, 0.2) is 0 Å². The minimum Gasteiger partial charge on any atom is -0.392 e. The van der Waals surface area contributed by atoms with E-state index in [1.54, 1.807) is 13.8 Å². The number of alkyl halides is 3. The van der Waals surface area contributed by atoms with E-state index in [9.17, 15) is 27.5 Å². The Morgan fingerprint density at radius 3 is 2.24 bits per heavy atom. The Kier molecular flexibility index (Phi) is 5.33. The molecule has 0 aliphatic rings. The van der Waals surface area contributed by atoms with E-state index in [1.807, 2.05) is 0 Å². The number of aliphatic hydroxyl groups excluding tert-OH is 1. The molecule has 1 unspecified atom stereocenters. The van der Waals surface area contributed by atoms with E-state index >= 15 is 0 Å². The summed E-state index contributed by atoms with van der Waals surface area (Å²) in [5.74, 6) is -1.88. The zero-order valence-corrected chi connectivity index (χ0v) is 11.9. The molecule has 0 bridgehead atoms. The standard InChI is InChI=1S/C14H17F4NO2/c1-8(2)19(7-9(3)20)13(21)10-4-11(14(16,17)18)6-12(15)5-10/h4-6,8-9,20H,7H2,1-3H3. The summed E-state index contributed by atoms with van der Waals surface area (Å²) >= 11 is 0. The van der Waals surface area contributed by atoms with Crippen molar-refractivity contribution in [3.63, 3.8) is 0 Å². The lowest BCUT2D eigenvalue weighted by atomic mass is 10.1. The molecule has 1 aromatic rings. The van der Waals surface area contributed by atoms with Crippen molar-refractivity contribution in [1.29, 1.82) is 0 Å². The molecule has 0 spiro atoms. The fourth-order valence-electron chi connectivity index (χ4n) is 1.86. The van der Waals surface area contributed by atoms with Crippen LogP contribution in [0.3, 0.4) is 0 Å². The van der Waals surface area contributed by atoms with Gasteiger partial charge in [-0.1, -0.05) is 0 Å². The molecule has 0 saturated carbocycles. The van der Waals surface area contributed by atoms with Crippen LogP contribution in [0.5, 0.6) is 0 Å². The Hall–Kier alpha value is -1.63. The summed E-state index contributed by atoms with van der Waals surface area (Å²) in [7, 11) is 0. The first-order chi connectivity index (χ1) is 9.52. The van der Waals surface area contributed by atoms with E-state index in [0.717, 1.165) is 6.07 Å². The highest BCUT2D eigenvalue weighted by Gasteiger charge is 2.32. The number of rotatable bonds is 4. The monoisotopic (exact) mass is 307 g/mol. The summed E-state index contributed by atoms with van der Waals surface area (Å²) in [4.78, 5) is 13.4. The van der Waals surface area contributed by atoms with Gasteiger partial charge in [-0.15, -0.1) is 0 Å². The van der Waals surface area contributed by atoms with Crippen molar-refractivity contribution in [2.45, 2.75) is 39.1 Å². The smallest absolute Gasteiger partial charge is 0.392 e. The molecule has 21 heavy (non-hydrogen) atoms. The molecule has 1 rings (SSSR count). The van der Waals surface area contributed by atoms with Gasteiger partial charge >= 0.3 is 6.18 Å². The Morgan fingerprint density at radius 2 is 1.81 bits per heavy atom. The first-order valence-corrected chi connectivity index (χ1v) is 6.39. The number of amides is 1. The molecular formula is C14H17F4NO2. The average Bonchev–Trinajstić information content (AvgIpc) is 2.32. The van der Waals surface area contributed by atoms with E-state index < -0.39 is 35.1 Å². The van der Waals surface area contributed by atoms with Gasteiger partial charge in [-0.3, -0.25) is 4.79 Å². The number of nitrogens with zero attached hydrogens (tertiary/aromatic N) is 1. The van der Waals surface area contributed by atoms with Crippen molar-refractivity contribution < 1.29 is 27.5 Å². The largest absolute Gasteiger partial charge is 0.416 e. The number of aliphatic hydroxyl groups is 1. The van der Waals surface area contributed by atoms with Gasteiger partial charge in [0, 0.05) is 18.2 Å². The molecule has 1 N–H and O–H groups in total. The molecule has 7 heteroatoms. The highest BCUT2D eigenvalue weighted by atomic mass is 19.4. The molecule has 1 aromatic carbocycles. The first kappa shape index (κ1) is 17.4. The molecule has 0 fully saturated rings. The lowest BCUT2D eigenvalue weighted by Crippen LogP contribution is -2.41. The Morgan fingerprint density at radius 1 is 1.24 bits per heavy atom. The maximum absolute atomic E-state index is 13.3. The maximum Gasteiger partial charge on any atom is 0.416 e. The number of hydrogen-bond donors (Lipinski definition) is 1. The molecule has 118 valence electrons. The second-order valence-electron chi connectivity index (χ2n) is 5.13. The Labute approximate surface area is 120 Å². The lowest BCUT2D eigenvalue weighted by molar-refractivity contribution is -0.137. The highest BCUT2D eigenvalue weighted by Crippen LogP contribution is 2.30. The number of carbonyl (C=O) groups excluding carboxylic acids is 1. The summed E-state index contributed by atoms with van der Waals surface area (Å²) in [5, 5.41) is 9.36. The molecule has 0 saturated heterocycles. The van der Waals surface area contributed by atoms with E-state index in [2.05, 4.69) is 0 Å². The third-order valence-corrected chi connectivity index (χ3v) is 2.82. The van der Waals surface area contributed by atoms with Crippen LogP contribution in [0.1, 0.15) is 36.7 Å². The van der Waals surface area contributed by atoms with E-state index in [0.29, 0.717) is 12.1 Å². The molecule has 3 nitrogen and oxygen atoms in total. The van der Waals surface area contributed by atoms with Crippen molar-refractivity contribution in [1.82, 2.24) is 4.90 Å². The van der Waals surface area contributed by atoms with Gasteiger partial charge in [-0.25, -0.2) is 4.39 Å². The number of benzene rings is 1. The molecular weight excluding hydrogens is 290 g/mol. The van der Waals surface area contributed by atoms with Gasteiger partial charge in [-0.2, -0.15) is 13.2 Å². The topological polar surface area (TPSA) is 40.5 Å². The number of halogens is 4. The van der Waals surface area contributed by atoms with E-state index in [1.165, 1.54) is 11.8 Å². The minimum absolute atomic E-state index is 0.0473. The molecule has 0 aliphatic carbocycles. The second-order valence-corrected chi connectivity index (χ2v) is 5.13. The minimum atomic E-state index is -4.73. The molecule has 1 amide bonds. The van der Waals surface area contributed by atoms with Crippen LogP contribution in [-0.2, 0) is 6.18 Å². The molecule has 0 radical (unpaired) electrons. The predicted molar refractivity (Wildman–Crippen MR) is 69.3 cm³/mol. The third kappa shape index (κ3) is 4.70. The Balaban J connectivity index is 3.19. The quantitative estimate of drug-likeness (QED) is 0.869. The van der Waals surface area contributed by atoms with Gasteiger partial charge in [0.05, 0.1) is 11.7 Å². The molecule has 0 aliphatic heterocycles. The summed E-state index contributed by atoms with van der Waals surface area (Å²) in [6.45, 7) is 4.72. The summed E-state index contributed by atoms with van der Waals surface area (Å²) in [5.41, 5.74) is -1.61. The average molecular weight is 307 g/mol. The van der Waals surface area contributed by atoms with E-state index in [4.69, 9.17) is 0 Å². The molecule has 0 aromatic heterocycles. The Bertz CT molecular complexity index is 512. The van der Waals surface area contributed by atoms with Crippen molar-refractivity contribution in [2.24, 2.45) is 0 Å². The van der Waals surface area contributed by atoms with Crippen molar-refractivity contribution in [3.8, 4) is 0 Å². The zero-order chi connectivity index (χ0) is 16.4. The van der Waals surface area contributed by atoms with Crippen LogP contribution in [0, 0.1) is 5.82 Å².